The molecule has 0 aromatic heterocycles. The standard InChI is InChI=1S/C39H78N6O2/c1-36(2,3)45-32-35(33-45)31-42-17-11-16-40(20-23-42)27-29-47-39(9,10)15-14-38(7,8)44-18-12-34(13-19-44)30-43-24-21-41(22-25-43)26-28-46-37(4,5)6/h34-35H,11-33H2,1-10H3. The number of piperidine rings is 1. The van der Waals surface area contributed by atoms with Gasteiger partial charge in [-0.15, -0.1) is 0 Å². The number of piperazine rings is 1. The van der Waals surface area contributed by atoms with E-state index in [-0.39, 0.29) is 16.7 Å². The van der Waals surface area contributed by atoms with E-state index in [4.69, 9.17) is 9.47 Å². The normalized spacial score (nSPS) is 24.1. The van der Waals surface area contributed by atoms with Crippen molar-refractivity contribution in [2.75, 3.05) is 118 Å². The molecular formula is C39H78N6O2. The maximum absolute atomic E-state index is 6.57. The molecule has 0 N–H and O–H groups in total. The SMILES string of the molecule is CC(C)(C)OCCN1CCN(CC2CCN(C(C)(C)CCC(C)(C)OCCN3CCCN(CC4CN(C(C)(C)C)C4)CC3)CC2)CC1. The Labute approximate surface area is 291 Å². The Bertz CT molecular complexity index is 892. The number of nitrogens with zero attached hydrogens (tertiary/aromatic N) is 6. The van der Waals surface area contributed by atoms with Gasteiger partial charge in [-0.25, -0.2) is 0 Å². The van der Waals surface area contributed by atoms with Crippen molar-refractivity contribution in [3.05, 3.63) is 0 Å². The Kier molecular flexibility index (Phi) is 14.5. The van der Waals surface area contributed by atoms with E-state index in [2.05, 4.69) is 98.6 Å². The minimum absolute atomic E-state index is 0.0319. The molecule has 0 spiro atoms. The molecule has 8 nitrogen and oxygen atoms in total. The summed E-state index contributed by atoms with van der Waals surface area (Å²) in [5, 5.41) is 0. The van der Waals surface area contributed by atoms with Gasteiger partial charge >= 0.3 is 0 Å². The molecule has 0 aromatic rings. The van der Waals surface area contributed by atoms with E-state index in [1.54, 1.807) is 0 Å². The van der Waals surface area contributed by atoms with Gasteiger partial charge in [-0.2, -0.15) is 0 Å². The largest absolute Gasteiger partial charge is 0.375 e. The highest BCUT2D eigenvalue weighted by atomic mass is 16.5. The highest BCUT2D eigenvalue weighted by Gasteiger charge is 2.36. The summed E-state index contributed by atoms with van der Waals surface area (Å²) in [6.07, 6.45) is 6.27. The lowest BCUT2D eigenvalue weighted by molar-refractivity contribution is -0.0443. The van der Waals surface area contributed by atoms with E-state index in [1.165, 1.54) is 117 Å². The van der Waals surface area contributed by atoms with Gasteiger partial charge in [0.1, 0.15) is 0 Å². The predicted octanol–water partition coefficient (Wildman–Crippen LogP) is 5.22. The first-order chi connectivity index (χ1) is 22.0. The van der Waals surface area contributed by atoms with Gasteiger partial charge in [-0.05, 0) is 139 Å². The van der Waals surface area contributed by atoms with Crippen molar-refractivity contribution in [3.8, 4) is 0 Å². The number of hydrogen-bond acceptors (Lipinski definition) is 8. The van der Waals surface area contributed by atoms with Gasteiger partial charge in [0.15, 0.2) is 0 Å². The Hall–Kier alpha value is -0.320. The molecule has 0 atom stereocenters. The summed E-state index contributed by atoms with van der Waals surface area (Å²) in [5.74, 6) is 1.71. The second-order valence-electron chi connectivity index (χ2n) is 18.9. The summed E-state index contributed by atoms with van der Waals surface area (Å²) in [5.41, 5.74) is 0.449. The maximum atomic E-state index is 6.57. The third-order valence-corrected chi connectivity index (χ3v) is 11.7. The van der Waals surface area contributed by atoms with Crippen molar-refractivity contribution in [2.45, 2.75) is 124 Å². The van der Waals surface area contributed by atoms with Crippen molar-refractivity contribution in [3.63, 3.8) is 0 Å². The predicted molar refractivity (Wildman–Crippen MR) is 199 cm³/mol. The van der Waals surface area contributed by atoms with Crippen molar-refractivity contribution in [2.24, 2.45) is 11.8 Å². The first-order valence-corrected chi connectivity index (χ1v) is 19.6. The van der Waals surface area contributed by atoms with Crippen molar-refractivity contribution < 1.29 is 9.47 Å². The summed E-state index contributed by atoms with van der Waals surface area (Å²) in [4.78, 5) is 16.1. The Morgan fingerprint density at radius 1 is 0.511 bits per heavy atom. The minimum Gasteiger partial charge on any atom is -0.375 e. The van der Waals surface area contributed by atoms with Crippen LogP contribution >= 0.6 is 0 Å². The zero-order valence-electron chi connectivity index (χ0n) is 32.9. The molecule has 4 saturated heterocycles. The van der Waals surface area contributed by atoms with Gasteiger partial charge < -0.3 is 19.3 Å². The summed E-state index contributed by atoms with van der Waals surface area (Å²) in [7, 11) is 0. The van der Waals surface area contributed by atoms with Gasteiger partial charge in [0.05, 0.1) is 24.4 Å². The maximum Gasteiger partial charge on any atom is 0.0627 e. The van der Waals surface area contributed by atoms with Crippen LogP contribution < -0.4 is 0 Å². The number of likely N-dealkylation sites (tertiary alicyclic amines) is 2. The molecule has 0 unspecified atom stereocenters. The molecule has 47 heavy (non-hydrogen) atoms. The first-order valence-electron chi connectivity index (χ1n) is 19.6. The quantitative estimate of drug-likeness (QED) is 0.236. The second-order valence-corrected chi connectivity index (χ2v) is 18.9. The summed E-state index contributed by atoms with van der Waals surface area (Å²) >= 11 is 0. The lowest BCUT2D eigenvalue weighted by atomic mass is 9.86. The molecule has 4 aliphatic rings. The Balaban J connectivity index is 1.06. The van der Waals surface area contributed by atoms with Crippen LogP contribution in [-0.4, -0.2) is 170 Å². The highest BCUT2D eigenvalue weighted by molar-refractivity contribution is 4.91. The van der Waals surface area contributed by atoms with Gasteiger partial charge in [-0.1, -0.05) is 0 Å². The Morgan fingerprint density at radius 3 is 1.57 bits per heavy atom. The van der Waals surface area contributed by atoms with E-state index in [1.807, 2.05) is 0 Å². The zero-order valence-corrected chi connectivity index (χ0v) is 32.9. The van der Waals surface area contributed by atoms with Crippen LogP contribution in [0.4, 0.5) is 0 Å². The summed E-state index contributed by atoms with van der Waals surface area (Å²) < 4.78 is 12.5. The molecular weight excluding hydrogens is 584 g/mol. The fourth-order valence-corrected chi connectivity index (χ4v) is 8.08. The van der Waals surface area contributed by atoms with Crippen LogP contribution in [0.2, 0.25) is 0 Å². The van der Waals surface area contributed by atoms with Crippen LogP contribution in [0.15, 0.2) is 0 Å². The summed E-state index contributed by atoms with van der Waals surface area (Å²) in [6, 6.07) is 0. The van der Waals surface area contributed by atoms with Crippen molar-refractivity contribution in [1.82, 2.24) is 29.4 Å². The minimum atomic E-state index is -0.0718. The van der Waals surface area contributed by atoms with Crippen molar-refractivity contribution in [1.29, 1.82) is 0 Å². The third-order valence-electron chi connectivity index (χ3n) is 11.7. The Morgan fingerprint density at radius 2 is 1.00 bits per heavy atom. The van der Waals surface area contributed by atoms with E-state index >= 15 is 0 Å². The van der Waals surface area contributed by atoms with Gasteiger partial charge in [-0.3, -0.25) is 19.6 Å². The lowest BCUT2D eigenvalue weighted by Gasteiger charge is -2.49. The van der Waals surface area contributed by atoms with E-state index < -0.39 is 0 Å². The average molecular weight is 663 g/mol. The van der Waals surface area contributed by atoms with Crippen LogP contribution in [0, 0.1) is 11.8 Å². The third kappa shape index (κ3) is 13.7. The molecule has 4 heterocycles. The molecule has 0 aliphatic carbocycles. The average Bonchev–Trinajstić information content (AvgIpc) is 3.19. The highest BCUT2D eigenvalue weighted by Crippen LogP contribution is 2.31. The zero-order chi connectivity index (χ0) is 34.3. The van der Waals surface area contributed by atoms with Crippen LogP contribution in [-0.2, 0) is 9.47 Å². The van der Waals surface area contributed by atoms with Crippen LogP contribution in [0.1, 0.15) is 101 Å². The fourth-order valence-electron chi connectivity index (χ4n) is 8.08. The number of rotatable bonds is 15. The number of hydrogen-bond donors (Lipinski definition) is 0. The van der Waals surface area contributed by atoms with E-state index in [0.29, 0.717) is 5.54 Å². The molecule has 4 fully saturated rings. The molecule has 4 rings (SSSR count). The van der Waals surface area contributed by atoms with Crippen LogP contribution in [0.25, 0.3) is 0 Å². The van der Waals surface area contributed by atoms with E-state index in [9.17, 15) is 0 Å². The molecule has 0 radical (unpaired) electrons. The molecule has 276 valence electrons. The van der Waals surface area contributed by atoms with Crippen molar-refractivity contribution >= 4 is 0 Å². The molecule has 0 saturated carbocycles. The number of ether oxygens (including phenoxy) is 2. The smallest absolute Gasteiger partial charge is 0.0627 e. The summed E-state index contributed by atoms with van der Waals surface area (Å²) in [6.45, 7) is 44.1. The molecule has 8 heteroatoms. The molecule has 0 aromatic carbocycles. The van der Waals surface area contributed by atoms with Gasteiger partial charge in [0.25, 0.3) is 0 Å². The molecule has 0 amide bonds. The topological polar surface area (TPSA) is 37.9 Å². The van der Waals surface area contributed by atoms with Gasteiger partial charge in [0.2, 0.25) is 0 Å². The van der Waals surface area contributed by atoms with Crippen LogP contribution in [0.5, 0.6) is 0 Å². The lowest BCUT2D eigenvalue weighted by Crippen LogP contribution is -2.58. The first kappa shape index (κ1) is 39.5. The fraction of sp³-hybridized carbons (Fsp3) is 1.00. The second kappa shape index (κ2) is 17.3. The monoisotopic (exact) mass is 663 g/mol. The van der Waals surface area contributed by atoms with Crippen LogP contribution in [0.3, 0.4) is 0 Å². The molecule has 4 aliphatic heterocycles. The van der Waals surface area contributed by atoms with E-state index in [0.717, 1.165) is 44.6 Å². The van der Waals surface area contributed by atoms with Gasteiger partial charge in [0, 0.05) is 89.6 Å². The molecule has 0 bridgehead atoms.